The van der Waals surface area contributed by atoms with Crippen molar-refractivity contribution in [1.29, 1.82) is 0 Å². The molecule has 0 bridgehead atoms. The van der Waals surface area contributed by atoms with Crippen molar-refractivity contribution >= 4 is 5.91 Å². The molecule has 2 unspecified atom stereocenters. The van der Waals surface area contributed by atoms with Crippen molar-refractivity contribution in [3.8, 4) is 0 Å². The van der Waals surface area contributed by atoms with Crippen molar-refractivity contribution in [2.24, 2.45) is 5.92 Å². The molecule has 1 amide bonds. The summed E-state index contributed by atoms with van der Waals surface area (Å²) in [6.07, 6.45) is 6.76. The van der Waals surface area contributed by atoms with E-state index in [1.54, 1.807) is 0 Å². The first-order valence-electron chi connectivity index (χ1n) is 7.90. The molecule has 0 radical (unpaired) electrons. The lowest BCUT2D eigenvalue weighted by molar-refractivity contribution is -0.152. The molecule has 1 rings (SSSR count). The van der Waals surface area contributed by atoms with E-state index in [1.165, 1.54) is 13.3 Å². The molecule has 5 heteroatoms. The number of ether oxygens (including phenoxy) is 1. The maximum absolute atomic E-state index is 10.7. The van der Waals surface area contributed by atoms with Crippen LogP contribution in [0, 0.1) is 5.92 Å². The van der Waals surface area contributed by atoms with Crippen molar-refractivity contribution in [1.82, 2.24) is 10.8 Å². The highest BCUT2D eigenvalue weighted by atomic mass is 16.7. The molecule has 1 aliphatic rings. The van der Waals surface area contributed by atoms with Gasteiger partial charge in [-0.1, -0.05) is 20.3 Å². The molecule has 1 saturated heterocycles. The summed E-state index contributed by atoms with van der Waals surface area (Å²) in [7, 11) is 0. The number of hydrogen-bond donors (Lipinski definition) is 2. The number of nitrogens with one attached hydrogen (secondary N) is 2. The van der Waals surface area contributed by atoms with E-state index in [2.05, 4.69) is 24.6 Å². The summed E-state index contributed by atoms with van der Waals surface area (Å²) >= 11 is 0. The van der Waals surface area contributed by atoms with E-state index in [0.29, 0.717) is 25.2 Å². The lowest BCUT2D eigenvalue weighted by atomic mass is 9.95. The van der Waals surface area contributed by atoms with Crippen LogP contribution in [0.15, 0.2) is 0 Å². The largest absolute Gasteiger partial charge is 0.358 e. The Morgan fingerprint density at radius 3 is 2.90 bits per heavy atom. The van der Waals surface area contributed by atoms with E-state index in [9.17, 15) is 4.79 Å². The van der Waals surface area contributed by atoms with Crippen LogP contribution in [0.3, 0.4) is 0 Å². The molecule has 20 heavy (non-hydrogen) atoms. The van der Waals surface area contributed by atoms with Crippen molar-refractivity contribution < 1.29 is 14.4 Å². The predicted octanol–water partition coefficient (Wildman–Crippen LogP) is 2.37. The molecule has 1 heterocycles. The summed E-state index contributed by atoms with van der Waals surface area (Å²) in [5.74, 6) is 0.632. The van der Waals surface area contributed by atoms with Gasteiger partial charge in [0.15, 0.2) is 0 Å². The first-order chi connectivity index (χ1) is 9.63. The second kappa shape index (κ2) is 10.1. The Morgan fingerprint density at radius 2 is 2.20 bits per heavy atom. The van der Waals surface area contributed by atoms with Gasteiger partial charge in [0.1, 0.15) is 6.23 Å². The monoisotopic (exact) mass is 286 g/mol. The number of carbonyl (C=O) groups excluding carboxylic acids is 1. The normalized spacial score (nSPS) is 24.4. The third kappa shape index (κ3) is 7.22. The van der Waals surface area contributed by atoms with Gasteiger partial charge < -0.3 is 10.1 Å². The zero-order chi connectivity index (χ0) is 14.8. The molecule has 0 aliphatic carbocycles. The second-order valence-corrected chi connectivity index (χ2v) is 5.64. The third-order valence-corrected chi connectivity index (χ3v) is 3.83. The molecule has 3 atom stereocenters. The Balaban J connectivity index is 2.02. The van der Waals surface area contributed by atoms with Crippen LogP contribution >= 0.6 is 0 Å². The number of amides is 1. The Bertz CT molecular complexity index is 274. The summed E-state index contributed by atoms with van der Waals surface area (Å²) in [5, 5.41) is 2.77. The summed E-state index contributed by atoms with van der Waals surface area (Å²) in [6.45, 7) is 7.35. The molecule has 5 nitrogen and oxygen atoms in total. The van der Waals surface area contributed by atoms with Gasteiger partial charge in [0.05, 0.1) is 12.7 Å². The van der Waals surface area contributed by atoms with Crippen LogP contribution in [0.25, 0.3) is 0 Å². The van der Waals surface area contributed by atoms with E-state index >= 15 is 0 Å². The van der Waals surface area contributed by atoms with E-state index in [-0.39, 0.29) is 12.1 Å². The minimum atomic E-state index is 0.0238. The van der Waals surface area contributed by atoms with Gasteiger partial charge in [-0.2, -0.15) is 5.48 Å². The fraction of sp³-hybridized carbons (Fsp3) is 0.933. The van der Waals surface area contributed by atoms with Gasteiger partial charge in [0, 0.05) is 13.5 Å². The highest BCUT2D eigenvalue weighted by molar-refractivity contribution is 5.72. The van der Waals surface area contributed by atoms with Crippen LogP contribution in [0.1, 0.15) is 59.3 Å². The third-order valence-electron chi connectivity index (χ3n) is 3.83. The van der Waals surface area contributed by atoms with Gasteiger partial charge in [0.25, 0.3) is 0 Å². The smallest absolute Gasteiger partial charge is 0.216 e. The topological polar surface area (TPSA) is 59.6 Å². The van der Waals surface area contributed by atoms with E-state index in [1.807, 2.05) is 0 Å². The predicted molar refractivity (Wildman–Crippen MR) is 79.0 cm³/mol. The van der Waals surface area contributed by atoms with Gasteiger partial charge in [0.2, 0.25) is 5.91 Å². The second-order valence-electron chi connectivity index (χ2n) is 5.64. The van der Waals surface area contributed by atoms with Crippen LogP contribution in [0.4, 0.5) is 0 Å². The standard InChI is InChI=1S/C15H30N2O3/c1-4-12(2)14-8-7-9-15(20-14)17-19-11-6-5-10-16-13(3)18/h12,14-15,17H,4-11H2,1-3H3,(H,16,18)/t12-,14?,15?/m1/s1. The molecule has 0 aromatic carbocycles. The highest BCUT2D eigenvalue weighted by Crippen LogP contribution is 2.24. The summed E-state index contributed by atoms with van der Waals surface area (Å²) in [4.78, 5) is 16.1. The minimum Gasteiger partial charge on any atom is -0.358 e. The van der Waals surface area contributed by atoms with Crippen LogP contribution in [-0.2, 0) is 14.4 Å². The number of hydroxylamine groups is 1. The highest BCUT2D eigenvalue weighted by Gasteiger charge is 2.25. The molecule has 118 valence electrons. The Labute approximate surface area is 122 Å². The van der Waals surface area contributed by atoms with Crippen LogP contribution in [0.2, 0.25) is 0 Å². The molecule has 2 N–H and O–H groups in total. The fourth-order valence-corrected chi connectivity index (χ4v) is 2.34. The molecular formula is C15H30N2O3. The number of rotatable bonds is 9. The Morgan fingerprint density at radius 1 is 1.40 bits per heavy atom. The Kier molecular flexibility index (Phi) is 8.82. The number of unbranched alkanes of at least 4 members (excludes halogenated alkanes) is 1. The molecule has 1 aliphatic heterocycles. The van der Waals surface area contributed by atoms with Gasteiger partial charge >= 0.3 is 0 Å². The zero-order valence-electron chi connectivity index (χ0n) is 13.1. The SMILES string of the molecule is CC[C@@H](C)C1CCCC(NOCCCCNC(C)=O)O1. The van der Waals surface area contributed by atoms with E-state index < -0.39 is 0 Å². The number of carbonyl (C=O) groups is 1. The van der Waals surface area contributed by atoms with Crippen molar-refractivity contribution in [3.63, 3.8) is 0 Å². The first kappa shape index (κ1) is 17.4. The van der Waals surface area contributed by atoms with Crippen LogP contribution in [0.5, 0.6) is 0 Å². The summed E-state index contributed by atoms with van der Waals surface area (Å²) in [5.41, 5.74) is 3.02. The van der Waals surface area contributed by atoms with Crippen molar-refractivity contribution in [2.75, 3.05) is 13.2 Å². The first-order valence-corrected chi connectivity index (χ1v) is 7.90. The van der Waals surface area contributed by atoms with Gasteiger partial charge in [-0.15, -0.1) is 0 Å². The average Bonchev–Trinajstić information content (AvgIpc) is 2.45. The van der Waals surface area contributed by atoms with E-state index in [0.717, 1.165) is 32.1 Å². The molecule has 0 spiro atoms. The molecule has 0 saturated carbocycles. The molecule has 0 aromatic heterocycles. The van der Waals surface area contributed by atoms with E-state index in [4.69, 9.17) is 9.57 Å². The summed E-state index contributed by atoms with van der Waals surface area (Å²) < 4.78 is 6.01. The maximum atomic E-state index is 10.7. The zero-order valence-corrected chi connectivity index (χ0v) is 13.1. The maximum Gasteiger partial charge on any atom is 0.216 e. The van der Waals surface area contributed by atoms with Gasteiger partial charge in [-0.05, 0) is 38.0 Å². The fourth-order valence-electron chi connectivity index (χ4n) is 2.34. The lowest BCUT2D eigenvalue weighted by Crippen LogP contribution is -2.41. The molecule has 1 fully saturated rings. The quantitative estimate of drug-likeness (QED) is 0.504. The molecule has 0 aromatic rings. The number of hydrogen-bond acceptors (Lipinski definition) is 4. The minimum absolute atomic E-state index is 0.0238. The van der Waals surface area contributed by atoms with Gasteiger partial charge in [-0.3, -0.25) is 9.63 Å². The van der Waals surface area contributed by atoms with Crippen molar-refractivity contribution in [2.45, 2.75) is 71.6 Å². The summed E-state index contributed by atoms with van der Waals surface area (Å²) in [6, 6.07) is 0. The van der Waals surface area contributed by atoms with Crippen molar-refractivity contribution in [3.05, 3.63) is 0 Å². The lowest BCUT2D eigenvalue weighted by Gasteiger charge is -2.33. The van der Waals surface area contributed by atoms with Crippen LogP contribution < -0.4 is 10.8 Å². The van der Waals surface area contributed by atoms with Gasteiger partial charge in [-0.25, -0.2) is 0 Å². The van der Waals surface area contributed by atoms with Crippen LogP contribution in [-0.4, -0.2) is 31.4 Å². The Hall–Kier alpha value is -0.650. The molecular weight excluding hydrogens is 256 g/mol. The average molecular weight is 286 g/mol.